The number of nitrogens with zero attached hydrogens (tertiary/aromatic N) is 1. The third-order valence-electron chi connectivity index (χ3n) is 4.17. The van der Waals surface area contributed by atoms with E-state index in [9.17, 15) is 9.90 Å². The van der Waals surface area contributed by atoms with E-state index in [4.69, 9.17) is 0 Å². The van der Waals surface area contributed by atoms with Gasteiger partial charge in [-0.05, 0) is 39.2 Å². The van der Waals surface area contributed by atoms with Crippen LogP contribution in [0, 0.1) is 0 Å². The molecule has 104 valence electrons. The van der Waals surface area contributed by atoms with Gasteiger partial charge in [-0.2, -0.15) is 0 Å². The van der Waals surface area contributed by atoms with E-state index in [2.05, 4.69) is 19.1 Å². The molecule has 0 unspecified atom stereocenters. The lowest BCUT2D eigenvalue weighted by molar-refractivity contribution is 0.0566. The number of benzene rings is 1. The van der Waals surface area contributed by atoms with Crippen molar-refractivity contribution < 1.29 is 9.90 Å². The first kappa shape index (κ1) is 13.9. The monoisotopic (exact) mass is 261 g/mol. The summed E-state index contributed by atoms with van der Waals surface area (Å²) >= 11 is 0. The highest BCUT2D eigenvalue weighted by Crippen LogP contribution is 2.59. The first-order chi connectivity index (χ1) is 8.83. The van der Waals surface area contributed by atoms with Crippen LogP contribution in [0.5, 0.6) is 0 Å². The van der Waals surface area contributed by atoms with Crippen LogP contribution in [-0.2, 0) is 0 Å². The molecule has 2 atom stereocenters. The van der Waals surface area contributed by atoms with Gasteiger partial charge in [-0.3, -0.25) is 4.90 Å². The van der Waals surface area contributed by atoms with Crippen molar-refractivity contribution in [3.8, 4) is 0 Å². The van der Waals surface area contributed by atoms with Crippen LogP contribution < -0.4 is 0 Å². The molecule has 3 heteroatoms. The van der Waals surface area contributed by atoms with Crippen LogP contribution in [-0.4, -0.2) is 27.2 Å². The summed E-state index contributed by atoms with van der Waals surface area (Å²) < 4.78 is 0. The molecule has 1 saturated carbocycles. The van der Waals surface area contributed by atoms with Crippen LogP contribution in [0.3, 0.4) is 0 Å². The predicted octanol–water partition coefficient (Wildman–Crippen LogP) is 4.10. The van der Waals surface area contributed by atoms with Crippen LogP contribution in [0.15, 0.2) is 30.3 Å². The van der Waals surface area contributed by atoms with E-state index >= 15 is 0 Å². The summed E-state index contributed by atoms with van der Waals surface area (Å²) in [5.41, 5.74) is 0.649. The van der Waals surface area contributed by atoms with Crippen molar-refractivity contribution >= 4 is 6.09 Å². The van der Waals surface area contributed by atoms with Crippen LogP contribution in [0.25, 0.3) is 0 Å². The maximum Gasteiger partial charge on any atom is 0.408 e. The molecule has 0 heterocycles. The largest absolute Gasteiger partial charge is 0.465 e. The minimum Gasteiger partial charge on any atom is -0.465 e. The van der Waals surface area contributed by atoms with Gasteiger partial charge in [0.25, 0.3) is 0 Å². The SMILES string of the molecule is CC[C@]1(N(C(=O)O)C(C)(C)C)C[C@H]1c1ccccc1. The normalized spacial score (nSPS) is 26.0. The smallest absolute Gasteiger partial charge is 0.408 e. The number of amides is 1. The fraction of sp³-hybridized carbons (Fsp3) is 0.562. The predicted molar refractivity (Wildman–Crippen MR) is 76.4 cm³/mol. The maximum atomic E-state index is 11.7. The Kier molecular flexibility index (Phi) is 3.33. The average molecular weight is 261 g/mol. The van der Waals surface area contributed by atoms with E-state index in [1.165, 1.54) is 5.56 Å². The molecule has 1 aliphatic rings. The molecule has 1 fully saturated rings. The molecule has 1 aromatic carbocycles. The summed E-state index contributed by atoms with van der Waals surface area (Å²) in [6.07, 6.45) is 0.973. The fourth-order valence-electron chi connectivity index (χ4n) is 3.35. The van der Waals surface area contributed by atoms with Crippen LogP contribution >= 0.6 is 0 Å². The summed E-state index contributed by atoms with van der Waals surface area (Å²) in [6, 6.07) is 10.3. The van der Waals surface area contributed by atoms with Gasteiger partial charge in [-0.15, -0.1) is 0 Å². The molecule has 19 heavy (non-hydrogen) atoms. The first-order valence-electron chi connectivity index (χ1n) is 6.91. The van der Waals surface area contributed by atoms with Gasteiger partial charge in [0.15, 0.2) is 0 Å². The van der Waals surface area contributed by atoms with Gasteiger partial charge < -0.3 is 5.11 Å². The lowest BCUT2D eigenvalue weighted by Gasteiger charge is -2.40. The topological polar surface area (TPSA) is 40.5 Å². The fourth-order valence-corrected chi connectivity index (χ4v) is 3.35. The van der Waals surface area contributed by atoms with E-state index in [1.54, 1.807) is 4.90 Å². The third kappa shape index (κ3) is 2.34. The van der Waals surface area contributed by atoms with E-state index in [1.807, 2.05) is 39.0 Å². The molecule has 1 aliphatic carbocycles. The maximum absolute atomic E-state index is 11.7. The van der Waals surface area contributed by atoms with Gasteiger partial charge in [0.05, 0.1) is 5.54 Å². The lowest BCUT2D eigenvalue weighted by Crippen LogP contribution is -2.53. The highest BCUT2D eigenvalue weighted by molar-refractivity contribution is 5.69. The van der Waals surface area contributed by atoms with Gasteiger partial charge in [0, 0.05) is 11.5 Å². The molecule has 0 aromatic heterocycles. The minimum atomic E-state index is -0.812. The lowest BCUT2D eigenvalue weighted by atomic mass is 9.96. The van der Waals surface area contributed by atoms with Crippen molar-refractivity contribution in [1.29, 1.82) is 0 Å². The van der Waals surface area contributed by atoms with Crippen molar-refractivity contribution in [2.75, 3.05) is 0 Å². The first-order valence-corrected chi connectivity index (χ1v) is 6.91. The highest BCUT2D eigenvalue weighted by Gasteiger charge is 2.61. The second kappa shape index (κ2) is 4.55. The van der Waals surface area contributed by atoms with Gasteiger partial charge in [-0.1, -0.05) is 37.3 Å². The van der Waals surface area contributed by atoms with Crippen molar-refractivity contribution in [2.24, 2.45) is 0 Å². The Labute approximate surface area is 115 Å². The molecule has 1 aromatic rings. The Bertz CT molecular complexity index is 463. The van der Waals surface area contributed by atoms with Crippen LogP contribution in [0.4, 0.5) is 4.79 Å². The summed E-state index contributed by atoms with van der Waals surface area (Å²) in [6.45, 7) is 8.00. The molecule has 0 radical (unpaired) electrons. The second-order valence-corrected chi connectivity index (χ2v) is 6.41. The Hall–Kier alpha value is -1.51. The minimum absolute atomic E-state index is 0.231. The van der Waals surface area contributed by atoms with Crippen LogP contribution in [0.1, 0.15) is 52.0 Å². The summed E-state index contributed by atoms with van der Waals surface area (Å²) in [5.74, 6) is 0.328. The molecule has 0 spiro atoms. The molecule has 0 bridgehead atoms. The average Bonchev–Trinajstić information content (AvgIpc) is 3.03. The molecular formula is C16H23NO2. The quantitative estimate of drug-likeness (QED) is 0.889. The standard InChI is InChI=1S/C16H23NO2/c1-5-16(17(14(18)19)15(2,3)4)11-13(16)12-9-7-6-8-10-12/h6-10,13H,5,11H2,1-4H3,(H,18,19)/t13-,16-/m0/s1. The Morgan fingerprint density at radius 2 is 1.95 bits per heavy atom. The Morgan fingerprint density at radius 1 is 1.37 bits per heavy atom. The van der Waals surface area contributed by atoms with Gasteiger partial charge in [0.1, 0.15) is 0 Å². The zero-order valence-corrected chi connectivity index (χ0v) is 12.2. The second-order valence-electron chi connectivity index (χ2n) is 6.41. The van der Waals surface area contributed by atoms with Crippen molar-refractivity contribution in [3.63, 3.8) is 0 Å². The number of carboxylic acid groups (broad SMARTS) is 1. The number of hydrogen-bond donors (Lipinski definition) is 1. The summed E-state index contributed by atoms with van der Waals surface area (Å²) in [5, 5.41) is 9.61. The summed E-state index contributed by atoms with van der Waals surface area (Å²) in [4.78, 5) is 13.4. The molecule has 1 amide bonds. The Balaban J connectivity index is 2.34. The molecule has 2 rings (SSSR count). The number of rotatable bonds is 3. The van der Waals surface area contributed by atoms with Gasteiger partial charge >= 0.3 is 6.09 Å². The molecule has 0 aliphatic heterocycles. The van der Waals surface area contributed by atoms with E-state index in [0.717, 1.165) is 12.8 Å². The molecule has 3 nitrogen and oxygen atoms in total. The van der Waals surface area contributed by atoms with Gasteiger partial charge in [0.2, 0.25) is 0 Å². The van der Waals surface area contributed by atoms with E-state index in [0.29, 0.717) is 5.92 Å². The molecular weight excluding hydrogens is 238 g/mol. The molecule has 1 N–H and O–H groups in total. The van der Waals surface area contributed by atoms with Gasteiger partial charge in [-0.25, -0.2) is 4.79 Å². The molecule has 0 saturated heterocycles. The van der Waals surface area contributed by atoms with Crippen molar-refractivity contribution in [3.05, 3.63) is 35.9 Å². The zero-order valence-electron chi connectivity index (χ0n) is 12.2. The number of hydrogen-bond acceptors (Lipinski definition) is 1. The third-order valence-corrected chi connectivity index (χ3v) is 4.17. The van der Waals surface area contributed by atoms with E-state index in [-0.39, 0.29) is 11.1 Å². The van der Waals surface area contributed by atoms with E-state index < -0.39 is 6.09 Å². The highest BCUT2D eigenvalue weighted by atomic mass is 16.4. The number of carbonyl (C=O) groups is 1. The Morgan fingerprint density at radius 3 is 2.37 bits per heavy atom. The van der Waals surface area contributed by atoms with Crippen LogP contribution in [0.2, 0.25) is 0 Å². The zero-order chi connectivity index (χ0) is 14.3. The van der Waals surface area contributed by atoms with Crippen molar-refractivity contribution in [2.45, 2.75) is 57.5 Å². The van der Waals surface area contributed by atoms with Crippen molar-refractivity contribution in [1.82, 2.24) is 4.90 Å². The summed E-state index contributed by atoms with van der Waals surface area (Å²) in [7, 11) is 0.